The summed E-state index contributed by atoms with van der Waals surface area (Å²) < 4.78 is 0. The van der Waals surface area contributed by atoms with Gasteiger partial charge in [0.2, 0.25) is 0 Å². The molecule has 1 aliphatic heterocycles. The van der Waals surface area contributed by atoms with Crippen LogP contribution in [-0.4, -0.2) is 35.4 Å². The number of carbonyl (C=O) groups is 1. The number of carbonyl (C=O) groups excluding carboxylic acids is 1. The van der Waals surface area contributed by atoms with Crippen LogP contribution in [0, 0.1) is 5.92 Å². The zero-order chi connectivity index (χ0) is 14.8. The van der Waals surface area contributed by atoms with Gasteiger partial charge in [0.1, 0.15) is 5.82 Å². The van der Waals surface area contributed by atoms with Gasteiger partial charge in [-0.1, -0.05) is 24.4 Å². The van der Waals surface area contributed by atoms with E-state index in [2.05, 4.69) is 15.2 Å². The highest BCUT2D eigenvalue weighted by molar-refractivity contribution is 6.33. The van der Waals surface area contributed by atoms with Crippen LogP contribution >= 0.6 is 11.6 Å². The predicted octanol–water partition coefficient (Wildman–Crippen LogP) is 3.57. The van der Waals surface area contributed by atoms with Crippen molar-refractivity contribution in [1.82, 2.24) is 9.88 Å². The number of amides is 1. The summed E-state index contributed by atoms with van der Waals surface area (Å²) in [6.45, 7) is 0.866. The van der Waals surface area contributed by atoms with E-state index in [1.54, 1.807) is 19.3 Å². The number of rotatable bonds is 2. The van der Waals surface area contributed by atoms with Crippen molar-refractivity contribution in [2.24, 2.45) is 5.92 Å². The standard InChI is InChI=1S/C16H22ClN3O/c1-18-15-13(17)9-12(10-19-15)16(21)20-8-4-6-11-5-2-3-7-14(11)20/h9-11,14H,2-8H2,1H3,(H,18,19). The Morgan fingerprint density at radius 1 is 1.33 bits per heavy atom. The largest absolute Gasteiger partial charge is 0.372 e. The highest BCUT2D eigenvalue weighted by Gasteiger charge is 2.36. The smallest absolute Gasteiger partial charge is 0.255 e. The second kappa shape index (κ2) is 6.22. The van der Waals surface area contributed by atoms with Crippen LogP contribution in [0.1, 0.15) is 48.9 Å². The molecule has 2 aliphatic rings. The molecular formula is C16H22ClN3O. The van der Waals surface area contributed by atoms with E-state index >= 15 is 0 Å². The normalized spacial score (nSPS) is 25.3. The Morgan fingerprint density at radius 3 is 2.86 bits per heavy atom. The fourth-order valence-corrected chi connectivity index (χ4v) is 4.04. The lowest BCUT2D eigenvalue weighted by Crippen LogP contribution is -2.49. The van der Waals surface area contributed by atoms with E-state index in [9.17, 15) is 4.79 Å². The number of hydrogen-bond donors (Lipinski definition) is 1. The number of fused-ring (bicyclic) bond motifs is 1. The van der Waals surface area contributed by atoms with Gasteiger partial charge in [0.05, 0.1) is 10.6 Å². The number of aromatic nitrogens is 1. The Labute approximate surface area is 130 Å². The molecule has 0 bridgehead atoms. The number of likely N-dealkylation sites (tertiary alicyclic amines) is 1. The number of anilines is 1. The Morgan fingerprint density at radius 2 is 2.10 bits per heavy atom. The molecule has 2 atom stereocenters. The van der Waals surface area contributed by atoms with E-state index in [0.717, 1.165) is 19.4 Å². The Kier molecular flexibility index (Phi) is 4.34. The number of piperidine rings is 1. The summed E-state index contributed by atoms with van der Waals surface area (Å²) in [4.78, 5) is 19.1. The molecule has 0 radical (unpaired) electrons. The molecule has 4 nitrogen and oxygen atoms in total. The minimum atomic E-state index is 0.0867. The van der Waals surface area contributed by atoms with E-state index in [0.29, 0.717) is 28.4 Å². The molecule has 3 rings (SSSR count). The molecular weight excluding hydrogens is 286 g/mol. The fourth-order valence-electron chi connectivity index (χ4n) is 3.78. The molecule has 114 valence electrons. The van der Waals surface area contributed by atoms with Crippen LogP contribution in [0.5, 0.6) is 0 Å². The monoisotopic (exact) mass is 307 g/mol. The van der Waals surface area contributed by atoms with E-state index in [-0.39, 0.29) is 5.91 Å². The zero-order valence-electron chi connectivity index (χ0n) is 12.4. The molecule has 1 amide bonds. The van der Waals surface area contributed by atoms with Gasteiger partial charge >= 0.3 is 0 Å². The quantitative estimate of drug-likeness (QED) is 0.908. The van der Waals surface area contributed by atoms with Gasteiger partial charge < -0.3 is 10.2 Å². The molecule has 1 aromatic rings. The maximum absolute atomic E-state index is 12.8. The molecule has 21 heavy (non-hydrogen) atoms. The average Bonchev–Trinajstić information content (AvgIpc) is 2.53. The minimum Gasteiger partial charge on any atom is -0.372 e. The van der Waals surface area contributed by atoms with Crippen molar-refractivity contribution in [2.45, 2.75) is 44.6 Å². The van der Waals surface area contributed by atoms with Crippen LogP contribution in [0.25, 0.3) is 0 Å². The average molecular weight is 308 g/mol. The van der Waals surface area contributed by atoms with Crippen molar-refractivity contribution in [3.8, 4) is 0 Å². The molecule has 0 spiro atoms. The lowest BCUT2D eigenvalue weighted by molar-refractivity contribution is 0.0390. The van der Waals surface area contributed by atoms with Gasteiger partial charge in [-0.2, -0.15) is 0 Å². The van der Waals surface area contributed by atoms with Gasteiger partial charge in [-0.15, -0.1) is 0 Å². The first kappa shape index (κ1) is 14.6. The minimum absolute atomic E-state index is 0.0867. The molecule has 1 saturated heterocycles. The van der Waals surface area contributed by atoms with E-state index in [4.69, 9.17) is 11.6 Å². The van der Waals surface area contributed by atoms with E-state index in [1.807, 2.05) is 0 Å². The van der Waals surface area contributed by atoms with Gasteiger partial charge in [-0.3, -0.25) is 4.79 Å². The van der Waals surface area contributed by atoms with Crippen molar-refractivity contribution in [3.05, 3.63) is 22.8 Å². The number of pyridine rings is 1. The van der Waals surface area contributed by atoms with Crippen molar-refractivity contribution >= 4 is 23.3 Å². The van der Waals surface area contributed by atoms with Crippen LogP contribution in [0.15, 0.2) is 12.3 Å². The molecule has 2 fully saturated rings. The maximum atomic E-state index is 12.8. The van der Waals surface area contributed by atoms with Crippen LogP contribution in [0.2, 0.25) is 5.02 Å². The lowest BCUT2D eigenvalue weighted by Gasteiger charge is -2.44. The van der Waals surface area contributed by atoms with E-state index < -0.39 is 0 Å². The number of hydrogen-bond acceptors (Lipinski definition) is 3. The number of nitrogens with zero attached hydrogens (tertiary/aromatic N) is 2. The third kappa shape index (κ3) is 2.86. The molecule has 0 aromatic carbocycles. The van der Waals surface area contributed by atoms with Gasteiger partial charge in [-0.05, 0) is 37.7 Å². The topological polar surface area (TPSA) is 45.2 Å². The van der Waals surface area contributed by atoms with Crippen molar-refractivity contribution in [3.63, 3.8) is 0 Å². The lowest BCUT2D eigenvalue weighted by atomic mass is 9.78. The fraction of sp³-hybridized carbons (Fsp3) is 0.625. The molecule has 2 heterocycles. The van der Waals surface area contributed by atoms with Crippen molar-refractivity contribution < 1.29 is 4.79 Å². The van der Waals surface area contributed by atoms with Crippen LogP contribution in [0.3, 0.4) is 0 Å². The van der Waals surface area contributed by atoms with Crippen molar-refractivity contribution in [1.29, 1.82) is 0 Å². The van der Waals surface area contributed by atoms with Crippen molar-refractivity contribution in [2.75, 3.05) is 18.9 Å². The second-order valence-corrected chi connectivity index (χ2v) is 6.46. The molecule has 1 aromatic heterocycles. The summed E-state index contributed by atoms with van der Waals surface area (Å²) in [7, 11) is 1.77. The molecule has 1 saturated carbocycles. The summed E-state index contributed by atoms with van der Waals surface area (Å²) in [6, 6.07) is 2.15. The molecule has 1 N–H and O–H groups in total. The third-order valence-corrected chi connectivity index (χ3v) is 5.12. The van der Waals surface area contributed by atoms with E-state index in [1.165, 1.54) is 25.7 Å². The first-order valence-corrected chi connectivity index (χ1v) is 8.23. The first-order chi connectivity index (χ1) is 10.2. The SMILES string of the molecule is CNc1ncc(C(=O)N2CCCC3CCCCC32)cc1Cl. The summed E-state index contributed by atoms with van der Waals surface area (Å²) in [5.41, 5.74) is 0.602. The second-order valence-electron chi connectivity index (χ2n) is 6.06. The summed E-state index contributed by atoms with van der Waals surface area (Å²) in [6.07, 6.45) is 8.98. The van der Waals surface area contributed by atoms with Gasteiger partial charge in [0.25, 0.3) is 5.91 Å². The summed E-state index contributed by atoms with van der Waals surface area (Å²) in [5.74, 6) is 1.39. The summed E-state index contributed by atoms with van der Waals surface area (Å²) in [5, 5.41) is 3.42. The van der Waals surface area contributed by atoms with Crippen LogP contribution in [0.4, 0.5) is 5.82 Å². The van der Waals surface area contributed by atoms with Crippen LogP contribution < -0.4 is 5.32 Å². The van der Waals surface area contributed by atoms with Crippen LogP contribution in [-0.2, 0) is 0 Å². The van der Waals surface area contributed by atoms with Gasteiger partial charge in [0, 0.05) is 25.8 Å². The third-order valence-electron chi connectivity index (χ3n) is 4.83. The number of nitrogens with one attached hydrogen (secondary N) is 1. The van der Waals surface area contributed by atoms with Gasteiger partial charge in [-0.25, -0.2) is 4.98 Å². The molecule has 5 heteroatoms. The summed E-state index contributed by atoms with van der Waals surface area (Å²) >= 11 is 6.15. The molecule has 1 aliphatic carbocycles. The zero-order valence-corrected chi connectivity index (χ0v) is 13.2. The maximum Gasteiger partial charge on any atom is 0.255 e. The Hall–Kier alpha value is -1.29. The Balaban J connectivity index is 1.81. The van der Waals surface area contributed by atoms with Gasteiger partial charge in [0.15, 0.2) is 0 Å². The number of halogens is 1. The highest BCUT2D eigenvalue weighted by atomic mass is 35.5. The predicted molar refractivity (Wildman–Crippen MR) is 84.8 cm³/mol. The Bertz CT molecular complexity index is 532. The first-order valence-electron chi connectivity index (χ1n) is 7.85. The highest BCUT2D eigenvalue weighted by Crippen LogP contribution is 2.36. The molecule has 2 unspecified atom stereocenters.